The van der Waals surface area contributed by atoms with Crippen LogP contribution in [-0.2, 0) is 0 Å². The van der Waals surface area contributed by atoms with Crippen LogP contribution in [0.5, 0.6) is 5.75 Å². The van der Waals surface area contributed by atoms with Crippen molar-refractivity contribution in [3.63, 3.8) is 0 Å². The maximum absolute atomic E-state index is 5.61. The first-order valence-electron chi connectivity index (χ1n) is 4.72. The molecule has 0 saturated carbocycles. The minimum Gasteiger partial charge on any atom is -0.492 e. The van der Waals surface area contributed by atoms with Gasteiger partial charge in [-0.05, 0) is 16.8 Å². The van der Waals surface area contributed by atoms with Crippen molar-refractivity contribution in [1.29, 1.82) is 0 Å². The fraction of sp³-hybridized carbons (Fsp3) is 0.167. The summed E-state index contributed by atoms with van der Waals surface area (Å²) in [6, 6.07) is 12.7. The standard InChI is InChI=1S/C12H10OS/c1-2-4-10-9(3-1)5-6-11-12(10)14-8-7-13-11/h1-6H,7-8H2. The fourth-order valence-corrected chi connectivity index (χ4v) is 2.76. The van der Waals surface area contributed by atoms with Gasteiger partial charge in [-0.1, -0.05) is 30.3 Å². The molecule has 0 spiro atoms. The van der Waals surface area contributed by atoms with Crippen LogP contribution in [0.1, 0.15) is 0 Å². The fourth-order valence-electron chi connectivity index (χ4n) is 1.78. The predicted molar refractivity (Wildman–Crippen MR) is 60.2 cm³/mol. The van der Waals surface area contributed by atoms with E-state index in [9.17, 15) is 0 Å². The summed E-state index contributed by atoms with van der Waals surface area (Å²) in [6.45, 7) is 0.829. The van der Waals surface area contributed by atoms with Gasteiger partial charge in [0.25, 0.3) is 0 Å². The second kappa shape index (κ2) is 3.21. The summed E-state index contributed by atoms with van der Waals surface area (Å²) in [5.41, 5.74) is 0. The molecule has 0 unspecified atom stereocenters. The zero-order valence-electron chi connectivity index (χ0n) is 7.69. The molecule has 1 heterocycles. The van der Waals surface area contributed by atoms with Crippen LogP contribution >= 0.6 is 11.8 Å². The van der Waals surface area contributed by atoms with E-state index in [-0.39, 0.29) is 0 Å². The molecule has 0 bridgehead atoms. The molecule has 2 heteroatoms. The molecule has 1 aliphatic rings. The SMILES string of the molecule is c1ccc2c3c(ccc2c1)OCCS3. The van der Waals surface area contributed by atoms with Crippen LogP contribution in [0.15, 0.2) is 41.3 Å². The number of fused-ring (bicyclic) bond motifs is 3. The molecule has 0 fully saturated rings. The van der Waals surface area contributed by atoms with Crippen molar-refractivity contribution < 1.29 is 4.74 Å². The zero-order chi connectivity index (χ0) is 9.38. The van der Waals surface area contributed by atoms with Gasteiger partial charge in [-0.2, -0.15) is 0 Å². The number of thioether (sulfide) groups is 1. The molecule has 14 heavy (non-hydrogen) atoms. The second-order valence-corrected chi connectivity index (χ2v) is 4.42. The van der Waals surface area contributed by atoms with Crippen molar-refractivity contribution in [2.75, 3.05) is 12.4 Å². The van der Waals surface area contributed by atoms with Crippen LogP contribution in [-0.4, -0.2) is 12.4 Å². The highest BCUT2D eigenvalue weighted by Gasteiger charge is 2.13. The van der Waals surface area contributed by atoms with Gasteiger partial charge >= 0.3 is 0 Å². The number of ether oxygens (including phenoxy) is 1. The van der Waals surface area contributed by atoms with E-state index in [1.165, 1.54) is 15.7 Å². The minimum absolute atomic E-state index is 0.829. The normalized spacial score (nSPS) is 14.9. The zero-order valence-corrected chi connectivity index (χ0v) is 8.51. The maximum atomic E-state index is 5.61. The van der Waals surface area contributed by atoms with E-state index in [2.05, 4.69) is 36.4 Å². The van der Waals surface area contributed by atoms with Crippen molar-refractivity contribution in [3.8, 4) is 5.75 Å². The molecule has 0 saturated heterocycles. The van der Waals surface area contributed by atoms with Crippen LogP contribution in [0.25, 0.3) is 10.8 Å². The van der Waals surface area contributed by atoms with Gasteiger partial charge in [0, 0.05) is 5.75 Å². The average molecular weight is 202 g/mol. The van der Waals surface area contributed by atoms with E-state index in [1.54, 1.807) is 0 Å². The summed E-state index contributed by atoms with van der Waals surface area (Å²) in [6.07, 6.45) is 0. The molecule has 1 nitrogen and oxygen atoms in total. The first-order valence-corrected chi connectivity index (χ1v) is 5.71. The average Bonchev–Trinajstić information content (AvgIpc) is 2.29. The van der Waals surface area contributed by atoms with Crippen LogP contribution in [0.3, 0.4) is 0 Å². The topological polar surface area (TPSA) is 9.23 Å². The number of hydrogen-bond donors (Lipinski definition) is 0. The molecular weight excluding hydrogens is 192 g/mol. The highest BCUT2D eigenvalue weighted by molar-refractivity contribution is 7.99. The Hall–Kier alpha value is -1.15. The van der Waals surface area contributed by atoms with Crippen LogP contribution in [0, 0.1) is 0 Å². The molecule has 2 aromatic rings. The molecule has 0 N–H and O–H groups in total. The van der Waals surface area contributed by atoms with Gasteiger partial charge in [0.2, 0.25) is 0 Å². The van der Waals surface area contributed by atoms with Crippen molar-refractivity contribution >= 4 is 22.5 Å². The largest absolute Gasteiger partial charge is 0.492 e. The first kappa shape index (κ1) is 8.18. The first-order chi connectivity index (χ1) is 6.95. The minimum atomic E-state index is 0.829. The van der Waals surface area contributed by atoms with Gasteiger partial charge in [0.05, 0.1) is 11.5 Å². The number of hydrogen-bond acceptors (Lipinski definition) is 2. The molecule has 2 aromatic carbocycles. The van der Waals surface area contributed by atoms with E-state index in [0.29, 0.717) is 0 Å². The van der Waals surface area contributed by atoms with Crippen LogP contribution in [0.2, 0.25) is 0 Å². The third-order valence-electron chi connectivity index (χ3n) is 2.43. The third-order valence-corrected chi connectivity index (χ3v) is 3.51. The molecule has 0 radical (unpaired) electrons. The van der Waals surface area contributed by atoms with E-state index < -0.39 is 0 Å². The Morgan fingerprint density at radius 1 is 1.07 bits per heavy atom. The lowest BCUT2D eigenvalue weighted by molar-refractivity contribution is 0.331. The molecule has 3 rings (SSSR count). The van der Waals surface area contributed by atoms with E-state index in [0.717, 1.165) is 18.1 Å². The smallest absolute Gasteiger partial charge is 0.133 e. The predicted octanol–water partition coefficient (Wildman–Crippen LogP) is 3.32. The Kier molecular flexibility index (Phi) is 1.88. The highest BCUT2D eigenvalue weighted by Crippen LogP contribution is 2.38. The Morgan fingerprint density at radius 3 is 3.00 bits per heavy atom. The summed E-state index contributed by atoms with van der Waals surface area (Å²) in [5.74, 6) is 2.10. The van der Waals surface area contributed by atoms with E-state index in [4.69, 9.17) is 4.74 Å². The Balaban J connectivity index is 2.34. The lowest BCUT2D eigenvalue weighted by atomic mass is 10.1. The van der Waals surface area contributed by atoms with Crippen LogP contribution in [0.4, 0.5) is 0 Å². The summed E-state index contributed by atoms with van der Waals surface area (Å²) in [5, 5.41) is 2.61. The molecule has 0 aliphatic carbocycles. The number of rotatable bonds is 0. The van der Waals surface area contributed by atoms with Gasteiger partial charge in [-0.25, -0.2) is 0 Å². The van der Waals surface area contributed by atoms with Crippen molar-refractivity contribution in [1.82, 2.24) is 0 Å². The third kappa shape index (κ3) is 1.18. The molecule has 0 aromatic heterocycles. The molecule has 1 aliphatic heterocycles. The van der Waals surface area contributed by atoms with Gasteiger partial charge in [0.1, 0.15) is 5.75 Å². The summed E-state index contributed by atoms with van der Waals surface area (Å²) >= 11 is 1.89. The Bertz CT molecular complexity index is 479. The summed E-state index contributed by atoms with van der Waals surface area (Å²) in [4.78, 5) is 1.30. The van der Waals surface area contributed by atoms with Gasteiger partial charge < -0.3 is 4.74 Å². The van der Waals surface area contributed by atoms with E-state index >= 15 is 0 Å². The van der Waals surface area contributed by atoms with Crippen molar-refractivity contribution in [3.05, 3.63) is 36.4 Å². The quantitative estimate of drug-likeness (QED) is 0.648. The maximum Gasteiger partial charge on any atom is 0.133 e. The summed E-state index contributed by atoms with van der Waals surface area (Å²) in [7, 11) is 0. The molecular formula is C12H10OS. The molecule has 0 amide bonds. The Labute approximate surface area is 87.1 Å². The van der Waals surface area contributed by atoms with Crippen LogP contribution < -0.4 is 4.74 Å². The molecule has 0 atom stereocenters. The Morgan fingerprint density at radius 2 is 2.00 bits per heavy atom. The number of benzene rings is 2. The summed E-state index contributed by atoms with van der Waals surface area (Å²) < 4.78 is 5.61. The molecule has 70 valence electrons. The highest BCUT2D eigenvalue weighted by atomic mass is 32.2. The van der Waals surface area contributed by atoms with Crippen molar-refractivity contribution in [2.24, 2.45) is 0 Å². The van der Waals surface area contributed by atoms with Crippen molar-refractivity contribution in [2.45, 2.75) is 4.90 Å². The lowest BCUT2D eigenvalue weighted by Crippen LogP contribution is -2.06. The van der Waals surface area contributed by atoms with E-state index in [1.807, 2.05) is 11.8 Å². The van der Waals surface area contributed by atoms with Gasteiger partial charge in [-0.15, -0.1) is 11.8 Å². The van der Waals surface area contributed by atoms with Gasteiger partial charge in [0.15, 0.2) is 0 Å². The second-order valence-electron chi connectivity index (χ2n) is 3.31. The monoisotopic (exact) mass is 202 g/mol. The van der Waals surface area contributed by atoms with Gasteiger partial charge in [-0.3, -0.25) is 0 Å². The lowest BCUT2D eigenvalue weighted by Gasteiger charge is -2.18.